The summed E-state index contributed by atoms with van der Waals surface area (Å²) in [6, 6.07) is 11.5. The highest BCUT2D eigenvalue weighted by Gasteiger charge is 2.08. The number of nitrogens with zero attached hydrogens (tertiary/aromatic N) is 1. The molecule has 0 aliphatic heterocycles. The lowest BCUT2D eigenvalue weighted by atomic mass is 10.2. The summed E-state index contributed by atoms with van der Waals surface area (Å²) >= 11 is 3.00. The van der Waals surface area contributed by atoms with Gasteiger partial charge in [0.25, 0.3) is 5.91 Å². The van der Waals surface area contributed by atoms with E-state index in [1.165, 1.54) is 11.3 Å². The van der Waals surface area contributed by atoms with E-state index in [4.69, 9.17) is 12.2 Å². The second kappa shape index (κ2) is 8.66. The van der Waals surface area contributed by atoms with Gasteiger partial charge >= 0.3 is 0 Å². The molecule has 1 aromatic heterocycles. The van der Waals surface area contributed by atoms with Gasteiger partial charge in [-0.2, -0.15) is 0 Å². The number of anilines is 2. The first-order chi connectivity index (χ1) is 13.0. The first kappa shape index (κ1) is 18.9. The maximum atomic E-state index is 11.1. The fraction of sp³-hybridized carbons (Fsp3) is 0.158. The summed E-state index contributed by atoms with van der Waals surface area (Å²) in [5.41, 5.74) is 8.19. The zero-order chi connectivity index (χ0) is 19.2. The van der Waals surface area contributed by atoms with E-state index < -0.39 is 5.91 Å². The topological polar surface area (TPSA) is 100 Å². The second-order valence-electron chi connectivity index (χ2n) is 5.64. The third kappa shape index (κ3) is 5.06. The molecule has 0 radical (unpaired) electrons. The Balaban J connectivity index is 1.52. The number of thiazole rings is 1. The van der Waals surface area contributed by atoms with Crippen molar-refractivity contribution in [2.24, 2.45) is 0 Å². The fourth-order valence-corrected chi connectivity index (χ4v) is 4.18. The first-order valence-corrected chi connectivity index (χ1v) is 9.94. The molecular formula is C19H18N4O2S2. The summed E-state index contributed by atoms with van der Waals surface area (Å²) in [5.74, 6) is 2.57. The number of nitrogens with one attached hydrogen (secondary N) is 2. The second-order valence-corrected chi connectivity index (χ2v) is 7.87. The maximum Gasteiger partial charge on any atom is 0.295 e. The Kier molecular flexibility index (Phi) is 6.06. The van der Waals surface area contributed by atoms with E-state index in [9.17, 15) is 9.90 Å². The van der Waals surface area contributed by atoms with Crippen LogP contribution in [0.3, 0.4) is 0 Å². The lowest BCUT2D eigenvalue weighted by molar-refractivity contribution is -0.115. The zero-order valence-electron chi connectivity index (χ0n) is 14.4. The number of phenols is 1. The molecule has 1 amide bonds. The van der Waals surface area contributed by atoms with E-state index >= 15 is 0 Å². The number of hydrogen-bond donors (Lipinski definition) is 4. The van der Waals surface area contributed by atoms with Crippen LogP contribution < -0.4 is 16.4 Å². The third-order valence-electron chi connectivity index (χ3n) is 3.68. The lowest BCUT2D eigenvalue weighted by Gasteiger charge is -2.09. The predicted octanol–water partition coefficient (Wildman–Crippen LogP) is 3.04. The fourth-order valence-electron chi connectivity index (χ4n) is 2.48. The normalized spacial score (nSPS) is 10.5. The summed E-state index contributed by atoms with van der Waals surface area (Å²) in [6.07, 6.45) is 5.03. The number of nitrogens with two attached hydrogens (primary N) is 1. The monoisotopic (exact) mass is 398 g/mol. The molecule has 0 saturated heterocycles. The lowest BCUT2D eigenvalue weighted by Crippen LogP contribution is -2.20. The molecule has 6 nitrogen and oxygen atoms in total. The van der Waals surface area contributed by atoms with Gasteiger partial charge in [-0.15, -0.1) is 18.2 Å². The molecule has 0 saturated carbocycles. The number of terminal acetylenes is 1. The standard InChI is InChI=1S/C19H18N4O2S2/c1-2-17(25)22-11-12-4-3-5-13(8-12)21-6-7-26-14-9-15(24)18-16(10-14)27-19(20)23-18/h1,3-5,8-10,21,24H,6-7,11H2,(H2,20,23)(H,22,25). The van der Waals surface area contributed by atoms with E-state index in [-0.39, 0.29) is 5.75 Å². The third-order valence-corrected chi connectivity index (χ3v) is 5.48. The molecule has 0 aliphatic rings. The number of fused-ring (bicyclic) bond motifs is 1. The van der Waals surface area contributed by atoms with Crippen molar-refractivity contribution in [3.63, 3.8) is 0 Å². The quantitative estimate of drug-likeness (QED) is 0.277. The van der Waals surface area contributed by atoms with Crippen LogP contribution in [0.5, 0.6) is 5.75 Å². The highest BCUT2D eigenvalue weighted by Crippen LogP contribution is 2.35. The van der Waals surface area contributed by atoms with E-state index in [1.54, 1.807) is 17.8 Å². The summed E-state index contributed by atoms with van der Waals surface area (Å²) < 4.78 is 0.879. The van der Waals surface area contributed by atoms with Crippen LogP contribution >= 0.6 is 23.1 Å². The highest BCUT2D eigenvalue weighted by atomic mass is 32.2. The minimum absolute atomic E-state index is 0.151. The zero-order valence-corrected chi connectivity index (χ0v) is 16.0. The van der Waals surface area contributed by atoms with Gasteiger partial charge in [0.15, 0.2) is 5.13 Å². The van der Waals surface area contributed by atoms with Crippen molar-refractivity contribution in [3.05, 3.63) is 42.0 Å². The van der Waals surface area contributed by atoms with Gasteiger partial charge in [0.1, 0.15) is 11.3 Å². The molecule has 138 valence electrons. The number of carbonyl (C=O) groups excluding carboxylic acids is 1. The van der Waals surface area contributed by atoms with Crippen LogP contribution in [-0.4, -0.2) is 28.3 Å². The molecule has 5 N–H and O–H groups in total. The van der Waals surface area contributed by atoms with Crippen molar-refractivity contribution in [1.82, 2.24) is 10.3 Å². The SMILES string of the molecule is C#CC(=O)NCc1cccc(NCCSc2cc(O)c3nc(N)sc3c2)c1. The Morgan fingerprint density at radius 2 is 2.22 bits per heavy atom. The van der Waals surface area contributed by atoms with Crippen LogP contribution in [0.1, 0.15) is 5.56 Å². The molecule has 0 bridgehead atoms. The molecule has 3 rings (SSSR count). The van der Waals surface area contributed by atoms with Crippen molar-refractivity contribution in [1.29, 1.82) is 0 Å². The first-order valence-electron chi connectivity index (χ1n) is 8.14. The Bertz CT molecular complexity index is 1010. The van der Waals surface area contributed by atoms with E-state index in [1.807, 2.05) is 36.3 Å². The maximum absolute atomic E-state index is 11.1. The summed E-state index contributed by atoms with van der Waals surface area (Å²) in [6.45, 7) is 1.14. The van der Waals surface area contributed by atoms with Crippen molar-refractivity contribution < 1.29 is 9.90 Å². The molecule has 3 aromatic rings. The van der Waals surface area contributed by atoms with Crippen molar-refractivity contribution in [3.8, 4) is 18.1 Å². The molecule has 0 atom stereocenters. The van der Waals surface area contributed by atoms with Crippen LogP contribution in [-0.2, 0) is 11.3 Å². The summed E-state index contributed by atoms with van der Waals surface area (Å²) in [4.78, 5) is 16.2. The van der Waals surface area contributed by atoms with Gasteiger partial charge in [-0.3, -0.25) is 4.79 Å². The number of amides is 1. The number of phenolic OH excluding ortho intramolecular Hbond substituents is 1. The van der Waals surface area contributed by atoms with E-state index in [0.717, 1.165) is 33.1 Å². The highest BCUT2D eigenvalue weighted by molar-refractivity contribution is 7.99. The average Bonchev–Trinajstić information content (AvgIpc) is 3.04. The number of carbonyl (C=O) groups is 1. The van der Waals surface area contributed by atoms with Gasteiger partial charge in [-0.25, -0.2) is 4.98 Å². The number of benzene rings is 2. The molecule has 8 heteroatoms. The molecule has 27 heavy (non-hydrogen) atoms. The number of aromatic hydroxyl groups is 1. The average molecular weight is 399 g/mol. The summed E-state index contributed by atoms with van der Waals surface area (Å²) in [7, 11) is 0. The van der Waals surface area contributed by atoms with Gasteiger partial charge < -0.3 is 21.5 Å². The summed E-state index contributed by atoms with van der Waals surface area (Å²) in [5, 5.41) is 16.5. The molecule has 0 unspecified atom stereocenters. The minimum atomic E-state index is -0.423. The number of rotatable bonds is 7. The Morgan fingerprint density at radius 3 is 3.04 bits per heavy atom. The largest absolute Gasteiger partial charge is 0.506 e. The van der Waals surface area contributed by atoms with Crippen LogP contribution in [0.4, 0.5) is 10.8 Å². The number of nitrogen functional groups attached to an aromatic ring is 1. The smallest absolute Gasteiger partial charge is 0.295 e. The molecular weight excluding hydrogens is 380 g/mol. The van der Waals surface area contributed by atoms with Gasteiger partial charge in [-0.05, 0) is 35.7 Å². The number of hydrogen-bond acceptors (Lipinski definition) is 7. The minimum Gasteiger partial charge on any atom is -0.506 e. The van der Waals surface area contributed by atoms with Gasteiger partial charge in [0.05, 0.1) is 4.70 Å². The molecule has 2 aromatic carbocycles. The van der Waals surface area contributed by atoms with Crippen molar-refractivity contribution in [2.45, 2.75) is 11.4 Å². The predicted molar refractivity (Wildman–Crippen MR) is 112 cm³/mol. The van der Waals surface area contributed by atoms with Crippen molar-refractivity contribution >= 4 is 50.0 Å². The van der Waals surface area contributed by atoms with Crippen LogP contribution in [0.25, 0.3) is 10.2 Å². The molecule has 1 heterocycles. The number of aromatic nitrogens is 1. The molecule has 0 spiro atoms. The van der Waals surface area contributed by atoms with Crippen molar-refractivity contribution in [2.75, 3.05) is 23.3 Å². The van der Waals surface area contributed by atoms with Gasteiger partial charge in [0, 0.05) is 29.4 Å². The van der Waals surface area contributed by atoms with Gasteiger partial charge in [0.2, 0.25) is 0 Å². The van der Waals surface area contributed by atoms with Crippen LogP contribution in [0.2, 0.25) is 0 Å². The Labute approximate surface area is 165 Å². The number of thioether (sulfide) groups is 1. The molecule has 0 fully saturated rings. The van der Waals surface area contributed by atoms with Crippen LogP contribution in [0.15, 0.2) is 41.3 Å². The van der Waals surface area contributed by atoms with Crippen LogP contribution in [0, 0.1) is 12.3 Å². The Morgan fingerprint density at radius 1 is 1.37 bits per heavy atom. The Hall–Kier alpha value is -2.89. The molecule has 0 aliphatic carbocycles. The van der Waals surface area contributed by atoms with E-state index in [2.05, 4.69) is 15.6 Å². The van der Waals surface area contributed by atoms with E-state index in [0.29, 0.717) is 17.2 Å². The van der Waals surface area contributed by atoms with Gasteiger partial charge in [-0.1, -0.05) is 23.5 Å².